The van der Waals surface area contributed by atoms with E-state index in [4.69, 9.17) is 17.3 Å². The number of hydrogen-bond donors (Lipinski definition) is 1. The van der Waals surface area contributed by atoms with Gasteiger partial charge in [-0.25, -0.2) is 4.98 Å². The zero-order valence-electron chi connectivity index (χ0n) is 15.7. The minimum atomic E-state index is -0.0400. The Morgan fingerprint density at radius 2 is 2.00 bits per heavy atom. The molecule has 5 nitrogen and oxygen atoms in total. The van der Waals surface area contributed by atoms with Gasteiger partial charge in [0, 0.05) is 28.7 Å². The molecule has 0 spiro atoms. The number of pyridine rings is 2. The minimum absolute atomic E-state index is 0.0400. The van der Waals surface area contributed by atoms with Gasteiger partial charge in [0.2, 0.25) is 0 Å². The van der Waals surface area contributed by atoms with Gasteiger partial charge < -0.3 is 10.6 Å². The maximum Gasteiger partial charge on any atom is 0.254 e. The first kappa shape index (κ1) is 19.1. The molecule has 2 heterocycles. The van der Waals surface area contributed by atoms with Crippen molar-refractivity contribution in [1.29, 1.82) is 0 Å². The Hall–Kier alpha value is -2.66. The van der Waals surface area contributed by atoms with Gasteiger partial charge in [-0.05, 0) is 54.8 Å². The van der Waals surface area contributed by atoms with E-state index in [0.29, 0.717) is 35.4 Å². The first-order valence-corrected chi connectivity index (χ1v) is 9.28. The number of halogens is 1. The summed E-state index contributed by atoms with van der Waals surface area (Å²) in [6.07, 6.45) is 1.66. The summed E-state index contributed by atoms with van der Waals surface area (Å²) < 4.78 is 0. The number of rotatable bonds is 5. The van der Waals surface area contributed by atoms with Crippen LogP contribution in [0.15, 0.2) is 42.6 Å². The number of amides is 1. The first-order chi connectivity index (χ1) is 12.8. The third kappa shape index (κ3) is 4.55. The van der Waals surface area contributed by atoms with Gasteiger partial charge in [0.1, 0.15) is 5.82 Å². The molecule has 27 heavy (non-hydrogen) atoms. The minimum Gasteiger partial charge on any atom is -0.383 e. The molecule has 3 rings (SSSR count). The Labute approximate surface area is 164 Å². The maximum atomic E-state index is 13.2. The summed E-state index contributed by atoms with van der Waals surface area (Å²) in [5.74, 6) is 0.800. The molecule has 2 aromatic heterocycles. The van der Waals surface area contributed by atoms with E-state index in [-0.39, 0.29) is 5.91 Å². The van der Waals surface area contributed by atoms with Crippen molar-refractivity contribution in [2.24, 2.45) is 5.92 Å². The van der Waals surface area contributed by atoms with E-state index in [1.54, 1.807) is 24.4 Å². The van der Waals surface area contributed by atoms with E-state index in [1.807, 2.05) is 30.0 Å². The van der Waals surface area contributed by atoms with E-state index in [9.17, 15) is 4.79 Å². The fraction of sp³-hybridized carbons (Fsp3) is 0.286. The van der Waals surface area contributed by atoms with Crippen LogP contribution in [0.3, 0.4) is 0 Å². The summed E-state index contributed by atoms with van der Waals surface area (Å²) in [5, 5.41) is 1.51. The lowest BCUT2D eigenvalue weighted by Gasteiger charge is -2.24. The van der Waals surface area contributed by atoms with Gasteiger partial charge in [-0.2, -0.15) is 0 Å². The molecule has 0 atom stereocenters. The van der Waals surface area contributed by atoms with Crippen LogP contribution in [-0.4, -0.2) is 27.3 Å². The van der Waals surface area contributed by atoms with E-state index in [2.05, 4.69) is 23.8 Å². The molecule has 140 valence electrons. The highest BCUT2D eigenvalue weighted by Crippen LogP contribution is 2.21. The number of anilines is 1. The number of carbonyl (C=O) groups excluding carboxylic acids is 1. The van der Waals surface area contributed by atoms with Gasteiger partial charge in [0.15, 0.2) is 0 Å². The van der Waals surface area contributed by atoms with E-state index < -0.39 is 0 Å². The number of benzene rings is 1. The topological polar surface area (TPSA) is 72.1 Å². The average Bonchev–Trinajstić information content (AvgIpc) is 2.61. The predicted molar refractivity (Wildman–Crippen MR) is 110 cm³/mol. The number of fused-ring (bicyclic) bond motifs is 1. The largest absolute Gasteiger partial charge is 0.383 e. The summed E-state index contributed by atoms with van der Waals surface area (Å²) in [6, 6.07) is 11.0. The molecule has 1 amide bonds. The fourth-order valence-electron chi connectivity index (χ4n) is 3.00. The maximum absolute atomic E-state index is 13.2. The molecule has 1 aromatic carbocycles. The molecule has 3 aromatic rings. The molecule has 0 aliphatic rings. The number of aromatic nitrogens is 2. The van der Waals surface area contributed by atoms with Crippen molar-refractivity contribution in [2.75, 3.05) is 12.3 Å². The Balaban J connectivity index is 1.93. The Bertz CT molecular complexity index is 987. The van der Waals surface area contributed by atoms with E-state index in [0.717, 1.165) is 22.2 Å². The summed E-state index contributed by atoms with van der Waals surface area (Å²) >= 11 is 6.06. The lowest BCUT2D eigenvalue weighted by atomic mass is 10.1. The number of aryl methyl sites for hydroxylation is 1. The Morgan fingerprint density at radius 3 is 2.70 bits per heavy atom. The van der Waals surface area contributed by atoms with E-state index >= 15 is 0 Å². The van der Waals surface area contributed by atoms with Crippen LogP contribution in [0.25, 0.3) is 10.9 Å². The fourth-order valence-corrected chi connectivity index (χ4v) is 3.19. The summed E-state index contributed by atoms with van der Waals surface area (Å²) in [5.41, 5.74) is 8.95. The van der Waals surface area contributed by atoms with Crippen LogP contribution in [0, 0.1) is 12.8 Å². The lowest BCUT2D eigenvalue weighted by molar-refractivity contribution is 0.0720. The van der Waals surface area contributed by atoms with Gasteiger partial charge in [0.25, 0.3) is 5.91 Å². The molecular weight excluding hydrogens is 360 g/mol. The van der Waals surface area contributed by atoms with Crippen LogP contribution in [0.4, 0.5) is 5.82 Å². The monoisotopic (exact) mass is 382 g/mol. The number of hydrogen-bond acceptors (Lipinski definition) is 4. The quantitative estimate of drug-likeness (QED) is 0.706. The molecule has 0 saturated heterocycles. The van der Waals surface area contributed by atoms with E-state index in [1.165, 1.54) is 0 Å². The second-order valence-electron chi connectivity index (χ2n) is 7.14. The standard InChI is InChI=1S/C21H23ClN4O/c1-13(2)11-26(12-18-10-17(22)6-7-24-18)21(27)15-4-5-19-16(9-15)8-14(3)20(23)25-19/h4-10,13H,11-12H2,1-3H3,(H2,23,25). The molecule has 0 bridgehead atoms. The van der Waals surface area contributed by atoms with Crippen molar-refractivity contribution in [3.05, 3.63) is 64.4 Å². The molecular formula is C21H23ClN4O. The Morgan fingerprint density at radius 1 is 1.22 bits per heavy atom. The highest BCUT2D eigenvalue weighted by atomic mass is 35.5. The van der Waals surface area contributed by atoms with Crippen LogP contribution in [-0.2, 0) is 6.54 Å². The molecule has 6 heteroatoms. The van der Waals surface area contributed by atoms with Crippen LogP contribution in [0.5, 0.6) is 0 Å². The van der Waals surface area contributed by atoms with Crippen LogP contribution < -0.4 is 5.73 Å². The van der Waals surface area contributed by atoms with Gasteiger partial charge >= 0.3 is 0 Å². The molecule has 0 saturated carbocycles. The molecule has 0 fully saturated rings. The smallest absolute Gasteiger partial charge is 0.254 e. The van der Waals surface area contributed by atoms with Gasteiger partial charge in [0.05, 0.1) is 17.8 Å². The predicted octanol–water partition coefficient (Wildman–Crippen LogP) is 4.47. The van der Waals surface area contributed by atoms with Crippen molar-refractivity contribution in [3.8, 4) is 0 Å². The SMILES string of the molecule is Cc1cc2cc(C(=O)N(Cc3cc(Cl)ccn3)CC(C)C)ccc2nc1N. The number of nitrogen functional groups attached to an aromatic ring is 1. The van der Waals surface area contributed by atoms with Crippen LogP contribution in [0.2, 0.25) is 5.02 Å². The van der Waals surface area contributed by atoms with Crippen molar-refractivity contribution < 1.29 is 4.79 Å². The van der Waals surface area contributed by atoms with Crippen molar-refractivity contribution in [1.82, 2.24) is 14.9 Å². The lowest BCUT2D eigenvalue weighted by Crippen LogP contribution is -2.34. The normalized spacial score (nSPS) is 11.1. The second-order valence-corrected chi connectivity index (χ2v) is 7.58. The summed E-state index contributed by atoms with van der Waals surface area (Å²) in [7, 11) is 0. The van der Waals surface area contributed by atoms with Gasteiger partial charge in [-0.1, -0.05) is 25.4 Å². The van der Waals surface area contributed by atoms with Crippen molar-refractivity contribution in [3.63, 3.8) is 0 Å². The molecule has 2 N–H and O–H groups in total. The molecule has 0 aliphatic heterocycles. The highest BCUT2D eigenvalue weighted by Gasteiger charge is 2.19. The zero-order chi connectivity index (χ0) is 19.6. The first-order valence-electron chi connectivity index (χ1n) is 8.90. The average molecular weight is 383 g/mol. The number of nitrogens with two attached hydrogens (primary N) is 1. The Kier molecular flexibility index (Phi) is 5.61. The third-order valence-corrected chi connectivity index (χ3v) is 4.53. The summed E-state index contributed by atoms with van der Waals surface area (Å²) in [4.78, 5) is 23.7. The second kappa shape index (κ2) is 7.92. The van der Waals surface area contributed by atoms with Crippen molar-refractivity contribution >= 4 is 34.2 Å². The van der Waals surface area contributed by atoms with Crippen LogP contribution in [0.1, 0.15) is 35.5 Å². The van der Waals surface area contributed by atoms with Gasteiger partial charge in [-0.15, -0.1) is 0 Å². The van der Waals surface area contributed by atoms with Gasteiger partial charge in [-0.3, -0.25) is 9.78 Å². The molecule has 0 aliphatic carbocycles. The summed E-state index contributed by atoms with van der Waals surface area (Å²) in [6.45, 7) is 7.12. The number of carbonyl (C=O) groups is 1. The third-order valence-electron chi connectivity index (χ3n) is 4.30. The van der Waals surface area contributed by atoms with Crippen LogP contribution >= 0.6 is 11.6 Å². The molecule has 0 radical (unpaired) electrons. The molecule has 0 unspecified atom stereocenters. The zero-order valence-corrected chi connectivity index (χ0v) is 16.5. The van der Waals surface area contributed by atoms with Crippen molar-refractivity contribution in [2.45, 2.75) is 27.3 Å². The number of nitrogens with zero attached hydrogens (tertiary/aromatic N) is 3. The highest BCUT2D eigenvalue weighted by molar-refractivity contribution is 6.30.